The largest absolute Gasteiger partial charge is 0.495 e. The summed E-state index contributed by atoms with van der Waals surface area (Å²) in [7, 11) is 1.76. The second-order valence-corrected chi connectivity index (χ2v) is 5.78. The number of anilines is 1. The molecule has 0 aromatic heterocycles. The number of nitrogens with zero attached hydrogens (tertiary/aromatic N) is 1. The van der Waals surface area contributed by atoms with Crippen molar-refractivity contribution in [3.63, 3.8) is 0 Å². The van der Waals surface area contributed by atoms with Crippen LogP contribution >= 0.6 is 0 Å². The van der Waals surface area contributed by atoms with Crippen molar-refractivity contribution in [3.05, 3.63) is 24.3 Å². The molecule has 1 aromatic rings. The van der Waals surface area contributed by atoms with Gasteiger partial charge in [0.1, 0.15) is 5.75 Å². The lowest BCUT2D eigenvalue weighted by Crippen LogP contribution is -2.38. The summed E-state index contributed by atoms with van der Waals surface area (Å²) in [6, 6.07) is 8.89. The van der Waals surface area contributed by atoms with E-state index in [9.17, 15) is 0 Å². The lowest BCUT2D eigenvalue weighted by molar-refractivity contribution is 0.411. The molecule has 1 saturated carbocycles. The van der Waals surface area contributed by atoms with E-state index in [-0.39, 0.29) is 0 Å². The van der Waals surface area contributed by atoms with Gasteiger partial charge in [0.15, 0.2) is 0 Å². The van der Waals surface area contributed by atoms with Crippen molar-refractivity contribution in [1.29, 1.82) is 0 Å². The number of hydrogen-bond acceptors (Lipinski definition) is 3. The minimum atomic E-state index is 0.515. The Bertz CT molecular complexity index is 428. The molecule has 98 valence electrons. The lowest BCUT2D eigenvalue weighted by atomic mass is 10.1. The van der Waals surface area contributed by atoms with Crippen molar-refractivity contribution in [3.8, 4) is 5.75 Å². The number of para-hydroxylation sites is 2. The molecule has 1 unspecified atom stereocenters. The van der Waals surface area contributed by atoms with Crippen LogP contribution in [0.15, 0.2) is 24.3 Å². The molecule has 1 atom stereocenters. The van der Waals surface area contributed by atoms with E-state index in [4.69, 9.17) is 4.74 Å². The third kappa shape index (κ3) is 2.07. The molecule has 2 aliphatic rings. The van der Waals surface area contributed by atoms with Crippen molar-refractivity contribution < 1.29 is 4.74 Å². The quantitative estimate of drug-likeness (QED) is 0.866. The highest BCUT2D eigenvalue weighted by Gasteiger charge is 2.46. The molecule has 0 amide bonds. The molecule has 1 saturated heterocycles. The Balaban J connectivity index is 1.92. The average molecular weight is 246 g/mol. The topological polar surface area (TPSA) is 24.5 Å². The fourth-order valence-electron chi connectivity index (χ4n) is 2.93. The summed E-state index contributed by atoms with van der Waals surface area (Å²) < 4.78 is 5.51. The van der Waals surface area contributed by atoms with E-state index < -0.39 is 0 Å². The number of nitrogens with one attached hydrogen (secondary N) is 1. The molecular formula is C15H22N2O. The molecule has 1 spiro atoms. The van der Waals surface area contributed by atoms with Crippen LogP contribution in [0.25, 0.3) is 0 Å². The molecule has 1 aliphatic heterocycles. The second-order valence-electron chi connectivity index (χ2n) is 5.78. The van der Waals surface area contributed by atoms with Crippen LogP contribution in [0.4, 0.5) is 5.69 Å². The molecular weight excluding hydrogens is 224 g/mol. The Morgan fingerprint density at radius 3 is 2.83 bits per heavy atom. The van der Waals surface area contributed by atoms with E-state index in [1.165, 1.54) is 25.1 Å². The average Bonchev–Trinajstić information content (AvgIpc) is 3.18. The van der Waals surface area contributed by atoms with Crippen molar-refractivity contribution in [2.75, 3.05) is 31.6 Å². The summed E-state index contributed by atoms with van der Waals surface area (Å²) in [4.78, 5) is 2.52. The zero-order valence-corrected chi connectivity index (χ0v) is 11.3. The number of benzene rings is 1. The Morgan fingerprint density at radius 1 is 1.33 bits per heavy atom. The van der Waals surface area contributed by atoms with Gasteiger partial charge in [-0.05, 0) is 31.9 Å². The van der Waals surface area contributed by atoms with Gasteiger partial charge in [-0.15, -0.1) is 0 Å². The normalized spacial score (nSPS) is 25.9. The van der Waals surface area contributed by atoms with Crippen LogP contribution in [0.2, 0.25) is 0 Å². The maximum atomic E-state index is 5.51. The molecule has 18 heavy (non-hydrogen) atoms. The van der Waals surface area contributed by atoms with Crippen LogP contribution in [0, 0.1) is 5.41 Å². The van der Waals surface area contributed by atoms with Gasteiger partial charge in [0.05, 0.1) is 12.8 Å². The predicted molar refractivity (Wildman–Crippen MR) is 74.3 cm³/mol. The standard InChI is InChI=1S/C15H22N2O/c1-12-9-16-10-15(7-8-15)11-17(12)13-5-3-4-6-14(13)18-2/h3-6,12,16H,7-11H2,1-2H3. The zero-order chi connectivity index (χ0) is 12.6. The molecule has 1 aliphatic carbocycles. The smallest absolute Gasteiger partial charge is 0.142 e. The predicted octanol–water partition coefficient (Wildman–Crippen LogP) is 2.27. The number of methoxy groups -OCH3 is 1. The first-order valence-corrected chi connectivity index (χ1v) is 6.84. The summed E-state index contributed by atoms with van der Waals surface area (Å²) in [5.41, 5.74) is 1.76. The molecule has 3 rings (SSSR count). The van der Waals surface area contributed by atoms with Crippen LogP contribution in [0.1, 0.15) is 19.8 Å². The number of rotatable bonds is 2. The summed E-state index contributed by atoms with van der Waals surface area (Å²) in [5.74, 6) is 0.988. The number of hydrogen-bond donors (Lipinski definition) is 1. The molecule has 3 heteroatoms. The Labute approximate surface area is 109 Å². The van der Waals surface area contributed by atoms with Crippen LogP contribution in [-0.4, -0.2) is 32.8 Å². The van der Waals surface area contributed by atoms with Gasteiger partial charge in [0, 0.05) is 31.1 Å². The molecule has 1 aromatic carbocycles. The minimum absolute atomic E-state index is 0.515. The van der Waals surface area contributed by atoms with Gasteiger partial charge in [-0.1, -0.05) is 12.1 Å². The highest BCUT2D eigenvalue weighted by molar-refractivity contribution is 5.59. The third-order valence-electron chi connectivity index (χ3n) is 4.33. The molecule has 0 radical (unpaired) electrons. The van der Waals surface area contributed by atoms with Crippen molar-refractivity contribution >= 4 is 5.69 Å². The van der Waals surface area contributed by atoms with E-state index >= 15 is 0 Å². The van der Waals surface area contributed by atoms with E-state index in [2.05, 4.69) is 35.3 Å². The SMILES string of the molecule is COc1ccccc1N1CC2(CC2)CNCC1C. The molecule has 0 bridgehead atoms. The highest BCUT2D eigenvalue weighted by Crippen LogP contribution is 2.48. The zero-order valence-electron chi connectivity index (χ0n) is 11.3. The van der Waals surface area contributed by atoms with Gasteiger partial charge in [-0.25, -0.2) is 0 Å². The maximum Gasteiger partial charge on any atom is 0.142 e. The summed E-state index contributed by atoms with van der Waals surface area (Å²) in [6.45, 7) is 5.67. The highest BCUT2D eigenvalue weighted by atomic mass is 16.5. The summed E-state index contributed by atoms with van der Waals surface area (Å²) in [5, 5.41) is 3.60. The fraction of sp³-hybridized carbons (Fsp3) is 0.600. The first-order valence-electron chi connectivity index (χ1n) is 6.84. The fourth-order valence-corrected chi connectivity index (χ4v) is 2.93. The lowest BCUT2D eigenvalue weighted by Gasteiger charge is -2.32. The Hall–Kier alpha value is -1.22. The summed E-state index contributed by atoms with van der Waals surface area (Å²) >= 11 is 0. The maximum absolute atomic E-state index is 5.51. The molecule has 1 N–H and O–H groups in total. The van der Waals surface area contributed by atoms with Gasteiger partial charge in [0.25, 0.3) is 0 Å². The van der Waals surface area contributed by atoms with E-state index in [1.807, 2.05) is 6.07 Å². The Morgan fingerprint density at radius 2 is 2.11 bits per heavy atom. The first-order chi connectivity index (χ1) is 8.74. The Kier molecular flexibility index (Phi) is 2.94. The van der Waals surface area contributed by atoms with Crippen LogP contribution < -0.4 is 15.0 Å². The minimum Gasteiger partial charge on any atom is -0.495 e. The summed E-state index contributed by atoms with van der Waals surface area (Å²) in [6.07, 6.45) is 2.72. The van der Waals surface area contributed by atoms with E-state index in [0.717, 1.165) is 18.8 Å². The molecule has 3 nitrogen and oxygen atoms in total. The first kappa shape index (κ1) is 11.8. The molecule has 2 fully saturated rings. The van der Waals surface area contributed by atoms with Crippen molar-refractivity contribution in [1.82, 2.24) is 5.32 Å². The van der Waals surface area contributed by atoms with E-state index in [0.29, 0.717) is 11.5 Å². The monoisotopic (exact) mass is 246 g/mol. The van der Waals surface area contributed by atoms with Crippen LogP contribution in [0.3, 0.4) is 0 Å². The van der Waals surface area contributed by atoms with Crippen LogP contribution in [-0.2, 0) is 0 Å². The van der Waals surface area contributed by atoms with Gasteiger partial charge >= 0.3 is 0 Å². The van der Waals surface area contributed by atoms with Crippen LogP contribution in [0.5, 0.6) is 5.75 Å². The second kappa shape index (κ2) is 4.47. The van der Waals surface area contributed by atoms with Gasteiger partial charge in [-0.3, -0.25) is 0 Å². The van der Waals surface area contributed by atoms with Gasteiger partial charge in [0.2, 0.25) is 0 Å². The van der Waals surface area contributed by atoms with Crippen molar-refractivity contribution in [2.24, 2.45) is 5.41 Å². The number of ether oxygens (including phenoxy) is 1. The third-order valence-corrected chi connectivity index (χ3v) is 4.33. The van der Waals surface area contributed by atoms with E-state index in [1.54, 1.807) is 7.11 Å². The van der Waals surface area contributed by atoms with Crippen molar-refractivity contribution in [2.45, 2.75) is 25.8 Å². The van der Waals surface area contributed by atoms with Gasteiger partial charge in [-0.2, -0.15) is 0 Å². The molecule has 1 heterocycles. The van der Waals surface area contributed by atoms with Gasteiger partial charge < -0.3 is 15.0 Å².